The molecular formula is C18H17ClN4OS2. The third-order valence-electron chi connectivity index (χ3n) is 4.23. The van der Waals surface area contributed by atoms with Gasteiger partial charge < -0.3 is 10.2 Å². The lowest BCUT2D eigenvalue weighted by molar-refractivity contribution is 0.103. The molecule has 0 bridgehead atoms. The molecular weight excluding hydrogens is 388 g/mol. The van der Waals surface area contributed by atoms with Crippen molar-refractivity contribution in [1.29, 1.82) is 0 Å². The van der Waals surface area contributed by atoms with Crippen LogP contribution in [-0.2, 0) is 0 Å². The van der Waals surface area contributed by atoms with Crippen LogP contribution in [0.3, 0.4) is 0 Å². The first-order chi connectivity index (χ1) is 12.6. The summed E-state index contributed by atoms with van der Waals surface area (Å²) in [5.74, 6) is 0.688. The molecule has 0 aromatic carbocycles. The van der Waals surface area contributed by atoms with Crippen molar-refractivity contribution in [3.63, 3.8) is 0 Å². The average Bonchev–Trinajstić information content (AvgIpc) is 3.36. The first kappa shape index (κ1) is 17.5. The first-order valence-electron chi connectivity index (χ1n) is 8.36. The fourth-order valence-electron chi connectivity index (χ4n) is 3.00. The van der Waals surface area contributed by atoms with Gasteiger partial charge in [-0.2, -0.15) is 0 Å². The lowest BCUT2D eigenvalue weighted by Gasteiger charge is -2.19. The minimum Gasteiger partial charge on any atom is -0.355 e. The van der Waals surface area contributed by atoms with Gasteiger partial charge in [0, 0.05) is 19.3 Å². The van der Waals surface area contributed by atoms with Crippen molar-refractivity contribution in [2.75, 3.05) is 23.3 Å². The average molecular weight is 405 g/mol. The largest absolute Gasteiger partial charge is 0.355 e. The van der Waals surface area contributed by atoms with E-state index in [4.69, 9.17) is 11.6 Å². The number of amides is 1. The number of rotatable bonds is 4. The summed E-state index contributed by atoms with van der Waals surface area (Å²) >= 11 is 8.86. The second-order valence-corrected chi connectivity index (χ2v) is 8.77. The maximum atomic E-state index is 12.8. The molecule has 0 saturated carbocycles. The van der Waals surface area contributed by atoms with E-state index >= 15 is 0 Å². The number of anilines is 2. The van der Waals surface area contributed by atoms with Crippen LogP contribution in [0.15, 0.2) is 30.5 Å². The van der Waals surface area contributed by atoms with Gasteiger partial charge in [-0.15, -0.1) is 22.7 Å². The normalized spacial score (nSPS) is 14.0. The van der Waals surface area contributed by atoms with Crippen LogP contribution in [0.2, 0.25) is 4.34 Å². The minimum absolute atomic E-state index is 0.151. The number of pyridine rings is 1. The Balaban J connectivity index is 1.59. The van der Waals surface area contributed by atoms with Crippen molar-refractivity contribution in [1.82, 2.24) is 9.97 Å². The summed E-state index contributed by atoms with van der Waals surface area (Å²) in [4.78, 5) is 25.7. The van der Waals surface area contributed by atoms with Crippen LogP contribution in [0.1, 0.15) is 28.2 Å². The van der Waals surface area contributed by atoms with Gasteiger partial charge in [0.2, 0.25) is 0 Å². The standard InChI is InChI=1S/C18H17ClN4OS2/c1-11-15(26-18(21-11)13-6-7-14(19)25-13)17(24)22-12-5-4-8-20-16(12)23-9-2-3-10-23/h4-8H,2-3,9-10H2,1H3,(H,22,24). The minimum atomic E-state index is -0.151. The van der Waals surface area contributed by atoms with E-state index in [0.29, 0.717) is 9.21 Å². The monoisotopic (exact) mass is 404 g/mol. The van der Waals surface area contributed by atoms with Crippen LogP contribution in [0.5, 0.6) is 0 Å². The maximum absolute atomic E-state index is 12.8. The Bertz CT molecular complexity index is 946. The highest BCUT2D eigenvalue weighted by Crippen LogP contribution is 2.35. The number of carbonyl (C=O) groups excluding carboxylic acids is 1. The molecule has 0 unspecified atom stereocenters. The SMILES string of the molecule is Cc1nc(-c2ccc(Cl)s2)sc1C(=O)Nc1cccnc1N1CCCC1. The van der Waals surface area contributed by atoms with Crippen LogP contribution < -0.4 is 10.2 Å². The Morgan fingerprint density at radius 1 is 1.23 bits per heavy atom. The molecule has 1 amide bonds. The van der Waals surface area contributed by atoms with Gasteiger partial charge in [-0.3, -0.25) is 4.79 Å². The molecule has 5 nitrogen and oxygen atoms in total. The molecule has 0 spiro atoms. The van der Waals surface area contributed by atoms with Gasteiger partial charge >= 0.3 is 0 Å². The summed E-state index contributed by atoms with van der Waals surface area (Å²) in [7, 11) is 0. The number of thiophene rings is 1. The Kier molecular flexibility index (Phi) is 4.93. The van der Waals surface area contributed by atoms with E-state index in [1.807, 2.05) is 31.2 Å². The summed E-state index contributed by atoms with van der Waals surface area (Å²) < 4.78 is 0.712. The molecule has 1 saturated heterocycles. The van der Waals surface area contributed by atoms with Gasteiger partial charge in [0.1, 0.15) is 9.88 Å². The zero-order chi connectivity index (χ0) is 18.1. The van der Waals surface area contributed by atoms with E-state index in [0.717, 1.165) is 53.0 Å². The molecule has 26 heavy (non-hydrogen) atoms. The Labute approximate surface area is 164 Å². The fraction of sp³-hybridized carbons (Fsp3) is 0.278. The van der Waals surface area contributed by atoms with Gasteiger partial charge in [0.05, 0.1) is 20.6 Å². The van der Waals surface area contributed by atoms with Crippen LogP contribution in [0.25, 0.3) is 9.88 Å². The van der Waals surface area contributed by atoms with Gasteiger partial charge in [0.15, 0.2) is 5.82 Å². The number of carbonyl (C=O) groups is 1. The van der Waals surface area contributed by atoms with Crippen molar-refractivity contribution in [3.8, 4) is 9.88 Å². The summed E-state index contributed by atoms with van der Waals surface area (Å²) in [6.07, 6.45) is 4.08. The van der Waals surface area contributed by atoms with E-state index < -0.39 is 0 Å². The summed E-state index contributed by atoms with van der Waals surface area (Å²) in [6, 6.07) is 7.51. The van der Waals surface area contributed by atoms with Crippen LogP contribution in [0.4, 0.5) is 11.5 Å². The third kappa shape index (κ3) is 3.47. The number of aryl methyl sites for hydroxylation is 1. The summed E-state index contributed by atoms with van der Waals surface area (Å²) in [5.41, 5.74) is 1.46. The molecule has 3 aromatic rings. The molecule has 1 N–H and O–H groups in total. The van der Waals surface area contributed by atoms with Crippen LogP contribution in [-0.4, -0.2) is 29.0 Å². The van der Waals surface area contributed by atoms with Gasteiger partial charge in [-0.1, -0.05) is 11.6 Å². The molecule has 0 aliphatic carbocycles. The predicted octanol–water partition coefficient (Wildman–Crippen LogP) is 5.08. The molecule has 8 heteroatoms. The molecule has 1 aliphatic heterocycles. The number of hydrogen-bond acceptors (Lipinski definition) is 6. The molecule has 0 atom stereocenters. The number of aromatic nitrogens is 2. The fourth-order valence-corrected chi connectivity index (χ4v) is 5.06. The number of nitrogens with one attached hydrogen (secondary N) is 1. The lowest BCUT2D eigenvalue weighted by atomic mass is 10.3. The van der Waals surface area contributed by atoms with Crippen molar-refractivity contribution in [3.05, 3.63) is 45.4 Å². The topological polar surface area (TPSA) is 58.1 Å². The highest BCUT2D eigenvalue weighted by Gasteiger charge is 2.21. The predicted molar refractivity (Wildman–Crippen MR) is 109 cm³/mol. The van der Waals surface area contributed by atoms with E-state index in [-0.39, 0.29) is 5.91 Å². The van der Waals surface area contributed by atoms with Gasteiger partial charge in [0.25, 0.3) is 5.91 Å². The maximum Gasteiger partial charge on any atom is 0.267 e. The molecule has 4 heterocycles. The second-order valence-electron chi connectivity index (χ2n) is 6.06. The smallest absolute Gasteiger partial charge is 0.267 e. The molecule has 3 aromatic heterocycles. The highest BCUT2D eigenvalue weighted by atomic mass is 35.5. The molecule has 0 radical (unpaired) electrons. The van der Waals surface area contributed by atoms with Gasteiger partial charge in [-0.25, -0.2) is 9.97 Å². The van der Waals surface area contributed by atoms with E-state index in [2.05, 4.69) is 20.2 Å². The second kappa shape index (κ2) is 7.34. The Morgan fingerprint density at radius 2 is 2.04 bits per heavy atom. The number of hydrogen-bond donors (Lipinski definition) is 1. The van der Waals surface area contributed by atoms with Gasteiger partial charge in [-0.05, 0) is 44.0 Å². The molecule has 1 aliphatic rings. The van der Waals surface area contributed by atoms with Crippen molar-refractivity contribution >= 4 is 51.7 Å². The van der Waals surface area contributed by atoms with Crippen molar-refractivity contribution in [2.45, 2.75) is 19.8 Å². The highest BCUT2D eigenvalue weighted by molar-refractivity contribution is 7.24. The zero-order valence-corrected chi connectivity index (χ0v) is 16.5. The zero-order valence-electron chi connectivity index (χ0n) is 14.2. The summed E-state index contributed by atoms with van der Waals surface area (Å²) in [5, 5.41) is 3.83. The van der Waals surface area contributed by atoms with E-state index in [1.54, 1.807) is 6.20 Å². The molecule has 4 rings (SSSR count). The summed E-state index contributed by atoms with van der Waals surface area (Å²) in [6.45, 7) is 3.81. The van der Waals surface area contributed by atoms with E-state index in [1.165, 1.54) is 22.7 Å². The third-order valence-corrected chi connectivity index (χ3v) is 6.78. The Hall–Kier alpha value is -1.96. The van der Waals surface area contributed by atoms with E-state index in [9.17, 15) is 4.79 Å². The number of nitrogens with zero attached hydrogens (tertiary/aromatic N) is 3. The first-order valence-corrected chi connectivity index (χ1v) is 10.4. The number of thiazole rings is 1. The van der Waals surface area contributed by atoms with Crippen LogP contribution >= 0.6 is 34.3 Å². The Morgan fingerprint density at radius 3 is 2.77 bits per heavy atom. The number of halogens is 1. The van der Waals surface area contributed by atoms with Crippen LogP contribution in [0, 0.1) is 6.92 Å². The van der Waals surface area contributed by atoms with Crippen molar-refractivity contribution in [2.24, 2.45) is 0 Å². The molecule has 1 fully saturated rings. The lowest BCUT2D eigenvalue weighted by Crippen LogP contribution is -2.22. The van der Waals surface area contributed by atoms with Crippen molar-refractivity contribution < 1.29 is 4.79 Å². The molecule has 134 valence electrons. The quantitative estimate of drug-likeness (QED) is 0.658.